The summed E-state index contributed by atoms with van der Waals surface area (Å²) in [5.41, 5.74) is 0. The monoisotopic (exact) mass is 329 g/mol. The van der Waals surface area contributed by atoms with Gasteiger partial charge >= 0.3 is 0 Å². The highest BCUT2D eigenvalue weighted by Crippen LogP contribution is 2.31. The number of hydrogen-bond acceptors (Lipinski definition) is 6. The summed E-state index contributed by atoms with van der Waals surface area (Å²) in [6.45, 7) is 6.26. The Hall–Kier alpha value is -0.670. The van der Waals surface area contributed by atoms with Crippen molar-refractivity contribution in [2.75, 3.05) is 6.26 Å². The second-order valence-corrected chi connectivity index (χ2v) is 10.0. The van der Waals surface area contributed by atoms with E-state index in [0.29, 0.717) is 0 Å². The molecule has 0 fully saturated rings. The van der Waals surface area contributed by atoms with Gasteiger partial charge in [0.05, 0.1) is 0 Å². The van der Waals surface area contributed by atoms with E-state index in [1.807, 2.05) is 0 Å². The van der Waals surface area contributed by atoms with Gasteiger partial charge in [-0.1, -0.05) is 0 Å². The van der Waals surface area contributed by atoms with Crippen LogP contribution in [0.15, 0.2) is 5.16 Å². The van der Waals surface area contributed by atoms with Crippen molar-refractivity contribution in [3.63, 3.8) is 0 Å². The van der Waals surface area contributed by atoms with Crippen LogP contribution < -0.4 is 0 Å². The molecular weight excluding hydrogens is 314 g/mol. The van der Waals surface area contributed by atoms with Gasteiger partial charge in [0.15, 0.2) is 15.7 Å². The van der Waals surface area contributed by atoms with Gasteiger partial charge in [-0.15, -0.1) is 10.2 Å². The molecule has 7 nitrogen and oxygen atoms in total. The quantitative estimate of drug-likeness (QED) is 0.766. The summed E-state index contributed by atoms with van der Waals surface area (Å²) in [6, 6.07) is -0.352. The predicted molar refractivity (Wildman–Crippen MR) is 71.3 cm³/mol. The first kappa shape index (κ1) is 16.4. The SMILES string of the molecule is CC(C)n1c(C(C)(C)S(C)(=O)=O)nnc1S(=O)(=O)Cl. The average Bonchev–Trinajstić information content (AvgIpc) is 2.58. The molecule has 0 aliphatic heterocycles. The summed E-state index contributed by atoms with van der Waals surface area (Å²) < 4.78 is 46.4. The standard InChI is InChI=1S/C9H16ClN3O4S2/c1-6(2)13-7(9(3,4)18(5,14)15)11-12-8(13)19(10,16)17/h6H,1-5H3. The van der Waals surface area contributed by atoms with Crippen molar-refractivity contribution in [1.29, 1.82) is 0 Å². The number of hydrogen-bond donors (Lipinski definition) is 0. The molecule has 0 aliphatic carbocycles. The van der Waals surface area contributed by atoms with Gasteiger partial charge in [0.2, 0.25) is 0 Å². The van der Waals surface area contributed by atoms with Crippen molar-refractivity contribution in [2.24, 2.45) is 0 Å². The summed E-state index contributed by atoms with van der Waals surface area (Å²) >= 11 is 0. The molecule has 0 saturated heterocycles. The zero-order valence-corrected chi connectivity index (χ0v) is 13.6. The topological polar surface area (TPSA) is 99.0 Å². The minimum atomic E-state index is -4.10. The van der Waals surface area contributed by atoms with Crippen LogP contribution in [0.5, 0.6) is 0 Å². The van der Waals surface area contributed by atoms with E-state index in [1.54, 1.807) is 13.8 Å². The molecule has 0 unspecified atom stereocenters. The van der Waals surface area contributed by atoms with Gasteiger partial charge in [-0.05, 0) is 27.7 Å². The number of sulfone groups is 1. The normalized spacial score (nSPS) is 14.1. The molecule has 0 saturated carbocycles. The lowest BCUT2D eigenvalue weighted by Gasteiger charge is -2.24. The lowest BCUT2D eigenvalue weighted by Crippen LogP contribution is -2.32. The molecule has 0 aromatic carbocycles. The first-order valence-electron chi connectivity index (χ1n) is 5.39. The van der Waals surface area contributed by atoms with Crippen molar-refractivity contribution in [3.05, 3.63) is 5.82 Å². The van der Waals surface area contributed by atoms with Crippen molar-refractivity contribution in [3.8, 4) is 0 Å². The minimum Gasteiger partial charge on any atom is -0.297 e. The van der Waals surface area contributed by atoms with Crippen LogP contribution in [0.1, 0.15) is 39.6 Å². The molecule has 1 aromatic heterocycles. The molecule has 0 atom stereocenters. The second-order valence-electron chi connectivity index (χ2n) is 4.99. The Labute approximate surface area is 117 Å². The first-order chi connectivity index (χ1) is 8.30. The summed E-state index contributed by atoms with van der Waals surface area (Å²) in [5, 5.41) is 6.78. The van der Waals surface area contributed by atoms with Crippen molar-refractivity contribution in [2.45, 2.75) is 43.6 Å². The van der Waals surface area contributed by atoms with Crippen molar-refractivity contribution >= 4 is 29.6 Å². The Kier molecular flexibility index (Phi) is 4.06. The predicted octanol–water partition coefficient (Wildman–Crippen LogP) is 1.07. The number of rotatable bonds is 4. The maximum Gasteiger partial charge on any atom is 0.296 e. The molecule has 0 radical (unpaired) electrons. The van der Waals surface area contributed by atoms with Gasteiger partial charge < -0.3 is 0 Å². The number of nitrogens with zero attached hydrogens (tertiary/aromatic N) is 3. The van der Waals surface area contributed by atoms with Crippen LogP contribution in [-0.2, 0) is 23.6 Å². The molecule has 0 aliphatic rings. The van der Waals surface area contributed by atoms with E-state index in [2.05, 4.69) is 10.2 Å². The summed E-state index contributed by atoms with van der Waals surface area (Å²) in [6.07, 6.45) is 1.06. The van der Waals surface area contributed by atoms with E-state index in [0.717, 1.165) is 6.26 Å². The van der Waals surface area contributed by atoms with E-state index in [-0.39, 0.29) is 11.9 Å². The fourth-order valence-electron chi connectivity index (χ4n) is 1.49. The highest BCUT2D eigenvalue weighted by molar-refractivity contribution is 8.13. The van der Waals surface area contributed by atoms with Crippen LogP contribution in [0.25, 0.3) is 0 Å². The van der Waals surface area contributed by atoms with Gasteiger partial charge in [-0.3, -0.25) is 4.57 Å². The Balaban J connectivity index is 3.71. The van der Waals surface area contributed by atoms with Gasteiger partial charge in [0.1, 0.15) is 4.75 Å². The van der Waals surface area contributed by atoms with Gasteiger partial charge in [0, 0.05) is 23.0 Å². The molecule has 1 aromatic rings. The van der Waals surface area contributed by atoms with E-state index >= 15 is 0 Å². The molecule has 10 heteroatoms. The molecule has 1 heterocycles. The van der Waals surface area contributed by atoms with Crippen LogP contribution in [0, 0.1) is 0 Å². The molecule has 110 valence electrons. The molecule has 1 rings (SSSR count). The molecule has 0 N–H and O–H groups in total. The maximum absolute atomic E-state index is 11.8. The van der Waals surface area contributed by atoms with E-state index in [4.69, 9.17) is 10.7 Å². The van der Waals surface area contributed by atoms with Crippen LogP contribution in [-0.4, -0.2) is 37.9 Å². The highest BCUT2D eigenvalue weighted by Gasteiger charge is 2.40. The third-order valence-corrected chi connectivity index (χ3v) is 6.03. The smallest absolute Gasteiger partial charge is 0.296 e. The van der Waals surface area contributed by atoms with E-state index in [1.165, 1.54) is 18.4 Å². The highest BCUT2D eigenvalue weighted by atomic mass is 35.7. The zero-order valence-electron chi connectivity index (χ0n) is 11.2. The second kappa shape index (κ2) is 4.71. The van der Waals surface area contributed by atoms with Gasteiger partial charge in [-0.25, -0.2) is 16.8 Å². The third kappa shape index (κ3) is 2.92. The fourth-order valence-corrected chi connectivity index (χ4v) is 2.94. The Bertz CT molecular complexity index is 689. The lowest BCUT2D eigenvalue weighted by molar-refractivity contribution is 0.473. The van der Waals surface area contributed by atoms with Crippen LogP contribution >= 0.6 is 10.7 Å². The van der Waals surface area contributed by atoms with E-state index in [9.17, 15) is 16.8 Å². The third-order valence-electron chi connectivity index (χ3n) is 2.86. The van der Waals surface area contributed by atoms with Crippen LogP contribution in [0.3, 0.4) is 0 Å². The van der Waals surface area contributed by atoms with Crippen molar-refractivity contribution < 1.29 is 16.8 Å². The summed E-state index contributed by atoms with van der Waals surface area (Å²) in [4.78, 5) is 0. The lowest BCUT2D eigenvalue weighted by atomic mass is 10.2. The zero-order chi connectivity index (χ0) is 15.2. The summed E-state index contributed by atoms with van der Waals surface area (Å²) in [7, 11) is -2.32. The Morgan fingerprint density at radius 3 is 1.95 bits per heavy atom. The Morgan fingerprint density at radius 2 is 1.63 bits per heavy atom. The maximum atomic E-state index is 11.8. The molecule has 0 bridgehead atoms. The fraction of sp³-hybridized carbons (Fsp3) is 0.778. The number of aromatic nitrogens is 3. The molecule has 0 spiro atoms. The van der Waals surface area contributed by atoms with Crippen LogP contribution in [0.4, 0.5) is 0 Å². The van der Waals surface area contributed by atoms with Gasteiger partial charge in [-0.2, -0.15) is 0 Å². The summed E-state index contributed by atoms with van der Waals surface area (Å²) in [5.74, 6) is 0.0456. The largest absolute Gasteiger partial charge is 0.297 e. The molecule has 0 amide bonds. The minimum absolute atomic E-state index is 0.0456. The first-order valence-corrected chi connectivity index (χ1v) is 9.60. The molecule has 19 heavy (non-hydrogen) atoms. The number of halogens is 1. The average molecular weight is 330 g/mol. The van der Waals surface area contributed by atoms with Gasteiger partial charge in [0.25, 0.3) is 14.2 Å². The van der Waals surface area contributed by atoms with Crippen molar-refractivity contribution in [1.82, 2.24) is 14.8 Å². The van der Waals surface area contributed by atoms with E-state index < -0.39 is 28.8 Å². The van der Waals surface area contributed by atoms with Crippen LogP contribution in [0.2, 0.25) is 0 Å². The Morgan fingerprint density at radius 1 is 1.16 bits per heavy atom. The molecular formula is C9H16ClN3O4S2.